The van der Waals surface area contributed by atoms with Gasteiger partial charge in [-0.1, -0.05) is 38.6 Å². The second-order valence-electron chi connectivity index (χ2n) is 7.22. The Labute approximate surface area is 175 Å². The number of carboxylic acids is 1. The molecule has 2 N–H and O–H groups in total. The second-order valence-corrected chi connectivity index (χ2v) is 7.22. The molecule has 0 fully saturated rings. The van der Waals surface area contributed by atoms with Gasteiger partial charge in [0.25, 0.3) is 5.56 Å². The van der Waals surface area contributed by atoms with E-state index in [2.05, 4.69) is 42.6 Å². The van der Waals surface area contributed by atoms with Gasteiger partial charge < -0.3 is 10.0 Å². The fourth-order valence-electron chi connectivity index (χ4n) is 3.46. The molecule has 1 aromatic heterocycles. The van der Waals surface area contributed by atoms with Crippen LogP contribution in [0.3, 0.4) is 0 Å². The third kappa shape index (κ3) is 4.54. The van der Waals surface area contributed by atoms with Gasteiger partial charge in [-0.05, 0) is 54.8 Å². The second kappa shape index (κ2) is 9.31. The van der Waals surface area contributed by atoms with Crippen molar-refractivity contribution in [3.63, 3.8) is 0 Å². The molecule has 3 aromatic rings. The molecule has 0 radical (unpaired) electrons. The summed E-state index contributed by atoms with van der Waals surface area (Å²) in [6.45, 7) is 10.3. The van der Waals surface area contributed by atoms with Crippen LogP contribution in [0.1, 0.15) is 42.6 Å². The molecular weight excluding hydrogens is 378 g/mol. The first-order valence-electron chi connectivity index (χ1n) is 10.1. The molecule has 0 saturated carbocycles. The van der Waals surface area contributed by atoms with E-state index < -0.39 is 5.97 Å². The summed E-state index contributed by atoms with van der Waals surface area (Å²) in [4.78, 5) is 26.5. The largest absolute Gasteiger partial charge is 0.478 e. The fraction of sp³-hybridized carbons (Fsp3) is 0.250. The molecule has 6 nitrogen and oxygen atoms in total. The van der Waals surface area contributed by atoms with Crippen LogP contribution in [0.25, 0.3) is 18.3 Å². The summed E-state index contributed by atoms with van der Waals surface area (Å²) in [5, 5.41) is 13.1. The predicted molar refractivity (Wildman–Crippen MR) is 121 cm³/mol. The quantitative estimate of drug-likeness (QED) is 0.604. The van der Waals surface area contributed by atoms with Crippen LogP contribution in [0.4, 0.5) is 5.69 Å². The molecule has 30 heavy (non-hydrogen) atoms. The Morgan fingerprint density at radius 3 is 2.40 bits per heavy atom. The van der Waals surface area contributed by atoms with E-state index in [1.165, 1.54) is 22.5 Å². The Morgan fingerprint density at radius 1 is 1.13 bits per heavy atom. The zero-order valence-corrected chi connectivity index (χ0v) is 17.4. The molecule has 3 rings (SSSR count). The molecule has 0 spiro atoms. The molecule has 0 aliphatic rings. The number of H-pyrrole nitrogens is 1. The van der Waals surface area contributed by atoms with Crippen LogP contribution in [-0.2, 0) is 0 Å². The first-order chi connectivity index (χ1) is 14.4. The lowest BCUT2D eigenvalue weighted by Gasteiger charge is -2.23. The minimum Gasteiger partial charge on any atom is -0.478 e. The minimum absolute atomic E-state index is 0.115. The van der Waals surface area contributed by atoms with Gasteiger partial charge in [0.05, 0.1) is 21.8 Å². The van der Waals surface area contributed by atoms with E-state index >= 15 is 0 Å². The summed E-state index contributed by atoms with van der Waals surface area (Å²) >= 11 is 0. The molecular formula is C24H27N3O3. The van der Waals surface area contributed by atoms with Gasteiger partial charge in [0.1, 0.15) is 0 Å². The van der Waals surface area contributed by atoms with Crippen molar-refractivity contribution in [1.29, 1.82) is 0 Å². The normalized spacial score (nSPS) is 11.6. The number of nitrogens with one attached hydrogen (secondary N) is 1. The number of carboxylic acid groups (broad SMARTS) is 1. The molecule has 0 aliphatic heterocycles. The van der Waals surface area contributed by atoms with Crippen LogP contribution in [0, 0.1) is 0 Å². The van der Waals surface area contributed by atoms with E-state index in [0.717, 1.165) is 31.5 Å². The van der Waals surface area contributed by atoms with Crippen molar-refractivity contribution in [3.05, 3.63) is 80.6 Å². The van der Waals surface area contributed by atoms with Crippen molar-refractivity contribution in [2.45, 2.75) is 26.7 Å². The summed E-state index contributed by atoms with van der Waals surface area (Å²) in [6.07, 6.45) is 3.97. The monoisotopic (exact) mass is 405 g/mol. The lowest BCUT2D eigenvalue weighted by molar-refractivity contribution is 0.0697. The number of rotatable bonds is 8. The highest BCUT2D eigenvalue weighted by Crippen LogP contribution is 2.16. The zero-order chi connectivity index (χ0) is 21.7. The molecule has 0 amide bonds. The van der Waals surface area contributed by atoms with Crippen molar-refractivity contribution >= 4 is 24.3 Å². The molecule has 1 heterocycles. The van der Waals surface area contributed by atoms with Crippen molar-refractivity contribution in [1.82, 2.24) is 9.78 Å². The molecule has 0 atom stereocenters. The number of aromatic nitrogens is 2. The third-order valence-corrected chi connectivity index (χ3v) is 4.91. The summed E-state index contributed by atoms with van der Waals surface area (Å²) in [7, 11) is 0. The number of aromatic amines is 1. The van der Waals surface area contributed by atoms with Crippen molar-refractivity contribution in [2.24, 2.45) is 0 Å². The smallest absolute Gasteiger partial charge is 0.335 e. The van der Waals surface area contributed by atoms with E-state index in [9.17, 15) is 14.7 Å². The molecule has 0 saturated heterocycles. The van der Waals surface area contributed by atoms with E-state index in [4.69, 9.17) is 0 Å². The predicted octanol–water partition coefficient (Wildman–Crippen LogP) is 2.73. The van der Waals surface area contributed by atoms with Gasteiger partial charge in [-0.15, -0.1) is 0 Å². The highest BCUT2D eigenvalue weighted by Gasteiger charge is 2.09. The number of anilines is 1. The van der Waals surface area contributed by atoms with Crippen LogP contribution in [0.15, 0.2) is 53.3 Å². The lowest BCUT2D eigenvalue weighted by Crippen LogP contribution is -2.34. The number of hydrogen-bond donors (Lipinski definition) is 2. The van der Waals surface area contributed by atoms with Gasteiger partial charge >= 0.3 is 5.97 Å². The van der Waals surface area contributed by atoms with Gasteiger partial charge in [-0.3, -0.25) is 9.89 Å². The third-order valence-electron chi connectivity index (χ3n) is 4.91. The summed E-state index contributed by atoms with van der Waals surface area (Å²) < 4.78 is 1.32. The summed E-state index contributed by atoms with van der Waals surface area (Å²) in [5.74, 6) is -1.04. The fourth-order valence-corrected chi connectivity index (χ4v) is 3.46. The number of aromatic carboxylic acids is 1. The first kappa shape index (κ1) is 21.2. The molecule has 2 aromatic carbocycles. The highest BCUT2D eigenvalue weighted by atomic mass is 16.4. The van der Waals surface area contributed by atoms with Crippen LogP contribution >= 0.6 is 0 Å². The molecule has 0 unspecified atom stereocenters. The van der Waals surface area contributed by atoms with E-state index in [0.29, 0.717) is 16.3 Å². The van der Waals surface area contributed by atoms with E-state index in [-0.39, 0.29) is 11.1 Å². The van der Waals surface area contributed by atoms with Gasteiger partial charge in [0, 0.05) is 18.8 Å². The van der Waals surface area contributed by atoms with Crippen LogP contribution in [-0.4, -0.2) is 33.9 Å². The van der Waals surface area contributed by atoms with Crippen molar-refractivity contribution in [2.75, 3.05) is 18.0 Å². The van der Waals surface area contributed by atoms with Crippen molar-refractivity contribution in [3.8, 4) is 5.69 Å². The molecule has 6 heteroatoms. The molecule has 0 aliphatic carbocycles. The van der Waals surface area contributed by atoms with E-state index in [1.807, 2.05) is 12.1 Å². The molecule has 156 valence electrons. The molecule has 0 bridgehead atoms. The standard InChI is InChI=1S/C24H27N3O3/c1-4-13-26(14-5-2)20-11-9-18(10-12-20)15-22-17(3)25-27(23(22)28)21-8-6-7-19(16-21)24(29)30/h6-12,15-16,25H,3-5,13-14H2,1-2H3,(H,29,30)/b22-15-. The average Bonchev–Trinajstić information content (AvgIpc) is 3.02. The average molecular weight is 405 g/mol. The Hall–Kier alpha value is -3.54. The van der Waals surface area contributed by atoms with Crippen LogP contribution in [0.5, 0.6) is 0 Å². The SMILES string of the molecule is C=c1[nH]n(-c2cccc(C(=O)O)c2)c(=O)/c1=C\c1ccc(N(CCC)CCC)cc1. The van der Waals surface area contributed by atoms with Gasteiger partial charge in [0.15, 0.2) is 0 Å². The van der Waals surface area contributed by atoms with Gasteiger partial charge in [0.2, 0.25) is 0 Å². The number of hydrogen-bond acceptors (Lipinski definition) is 3. The minimum atomic E-state index is -1.04. The lowest BCUT2D eigenvalue weighted by atomic mass is 10.1. The highest BCUT2D eigenvalue weighted by molar-refractivity contribution is 5.88. The Bertz CT molecular complexity index is 1180. The topological polar surface area (TPSA) is 78.3 Å². The first-order valence-corrected chi connectivity index (χ1v) is 10.1. The number of benzene rings is 2. The van der Waals surface area contributed by atoms with E-state index in [1.54, 1.807) is 18.2 Å². The van der Waals surface area contributed by atoms with Gasteiger partial charge in [-0.2, -0.15) is 0 Å². The van der Waals surface area contributed by atoms with Crippen molar-refractivity contribution < 1.29 is 9.90 Å². The Balaban J connectivity index is 1.97. The Kier molecular flexibility index (Phi) is 6.57. The number of carbonyl (C=O) groups is 1. The maximum absolute atomic E-state index is 12.9. The van der Waals surface area contributed by atoms with Gasteiger partial charge in [-0.25, -0.2) is 9.48 Å². The number of nitrogens with zero attached hydrogens (tertiary/aromatic N) is 2. The van der Waals surface area contributed by atoms with Crippen LogP contribution in [0.2, 0.25) is 0 Å². The van der Waals surface area contributed by atoms with Crippen LogP contribution < -0.4 is 21.0 Å². The zero-order valence-electron chi connectivity index (χ0n) is 17.4. The Morgan fingerprint density at radius 2 is 1.80 bits per heavy atom. The maximum Gasteiger partial charge on any atom is 0.335 e. The summed E-state index contributed by atoms with van der Waals surface area (Å²) in [5.41, 5.74) is 2.37. The summed E-state index contributed by atoms with van der Waals surface area (Å²) in [6, 6.07) is 14.4. The maximum atomic E-state index is 12.9.